The highest BCUT2D eigenvalue weighted by Crippen LogP contribution is 2.18. The molecule has 4 aromatic rings. The molecule has 9 heteroatoms. The molecule has 1 N–H and O–H groups in total. The summed E-state index contributed by atoms with van der Waals surface area (Å²) >= 11 is 0. The summed E-state index contributed by atoms with van der Waals surface area (Å²) in [6, 6.07) is 5.39. The molecule has 0 bridgehead atoms. The van der Waals surface area contributed by atoms with Gasteiger partial charge in [-0.25, -0.2) is 19.2 Å². The number of carbonyl (C=O) groups is 1. The summed E-state index contributed by atoms with van der Waals surface area (Å²) in [5.41, 5.74) is 3.42. The molecule has 136 valence electrons. The van der Waals surface area contributed by atoms with Gasteiger partial charge in [0.05, 0.1) is 5.69 Å². The van der Waals surface area contributed by atoms with Crippen molar-refractivity contribution in [2.45, 2.75) is 26.7 Å². The number of anilines is 1. The number of carbonyl (C=O) groups excluding carboxylic acids is 1. The number of aryl methyl sites for hydroxylation is 2. The molecule has 0 fully saturated rings. The maximum atomic E-state index is 12.5. The lowest BCUT2D eigenvalue weighted by molar-refractivity contribution is -0.116. The van der Waals surface area contributed by atoms with Crippen LogP contribution in [0.1, 0.15) is 23.4 Å². The monoisotopic (exact) mass is 362 g/mol. The Balaban J connectivity index is 1.50. The molecule has 1 amide bonds. The Morgan fingerprint density at radius 3 is 2.85 bits per heavy atom. The summed E-state index contributed by atoms with van der Waals surface area (Å²) in [6.07, 6.45) is 7.46. The number of rotatable bonds is 5. The number of amides is 1. The summed E-state index contributed by atoms with van der Waals surface area (Å²) in [4.78, 5) is 25.4. The van der Waals surface area contributed by atoms with E-state index in [9.17, 15) is 4.79 Å². The van der Waals surface area contributed by atoms with Crippen LogP contribution >= 0.6 is 0 Å². The maximum Gasteiger partial charge on any atom is 0.252 e. The van der Waals surface area contributed by atoms with E-state index in [0.717, 1.165) is 17.0 Å². The number of nitrogens with one attached hydrogen (secondary N) is 1. The molecule has 0 aromatic carbocycles. The number of hydrogen-bond acceptors (Lipinski definition) is 6. The lowest BCUT2D eigenvalue weighted by atomic mass is 10.1. The van der Waals surface area contributed by atoms with Crippen molar-refractivity contribution >= 4 is 17.4 Å². The van der Waals surface area contributed by atoms with Crippen LogP contribution in [0.5, 0.6) is 0 Å². The van der Waals surface area contributed by atoms with Crippen molar-refractivity contribution in [2.24, 2.45) is 0 Å². The minimum atomic E-state index is -0.103. The van der Waals surface area contributed by atoms with Gasteiger partial charge in [0.15, 0.2) is 5.82 Å². The van der Waals surface area contributed by atoms with Crippen LogP contribution < -0.4 is 5.32 Å². The standard InChI is InChI=1S/C18H18N8O/c1-12-14(13(2)26-18(23-12)20-11-22-26)6-7-16(27)24-15-5-3-8-19-17(15)25-10-4-9-21-25/h3-5,8-11H,6-7H2,1-2H3,(H,24,27). The molecule has 0 saturated carbocycles. The lowest BCUT2D eigenvalue weighted by Crippen LogP contribution is -2.16. The third-order valence-corrected chi connectivity index (χ3v) is 4.37. The van der Waals surface area contributed by atoms with Gasteiger partial charge in [0.25, 0.3) is 5.78 Å². The molecule has 0 atom stereocenters. The minimum Gasteiger partial charge on any atom is -0.323 e. The van der Waals surface area contributed by atoms with Crippen LogP contribution in [-0.2, 0) is 11.2 Å². The fraction of sp³-hybridized carbons (Fsp3) is 0.222. The van der Waals surface area contributed by atoms with Gasteiger partial charge in [-0.15, -0.1) is 0 Å². The third kappa shape index (κ3) is 3.26. The van der Waals surface area contributed by atoms with Gasteiger partial charge in [-0.2, -0.15) is 15.2 Å². The largest absolute Gasteiger partial charge is 0.323 e. The molecular weight excluding hydrogens is 344 g/mol. The highest BCUT2D eigenvalue weighted by Gasteiger charge is 2.14. The van der Waals surface area contributed by atoms with Crippen molar-refractivity contribution < 1.29 is 4.79 Å². The van der Waals surface area contributed by atoms with Gasteiger partial charge in [-0.3, -0.25) is 4.79 Å². The molecule has 9 nitrogen and oxygen atoms in total. The lowest BCUT2D eigenvalue weighted by Gasteiger charge is -2.12. The van der Waals surface area contributed by atoms with Gasteiger partial charge >= 0.3 is 0 Å². The van der Waals surface area contributed by atoms with E-state index in [1.165, 1.54) is 6.33 Å². The first-order chi connectivity index (χ1) is 13.1. The van der Waals surface area contributed by atoms with Gasteiger partial charge in [0, 0.05) is 36.4 Å². The van der Waals surface area contributed by atoms with E-state index in [1.807, 2.05) is 13.8 Å². The van der Waals surface area contributed by atoms with E-state index in [-0.39, 0.29) is 5.91 Å². The van der Waals surface area contributed by atoms with E-state index >= 15 is 0 Å². The first-order valence-corrected chi connectivity index (χ1v) is 8.54. The van der Waals surface area contributed by atoms with Crippen LogP contribution in [-0.4, -0.2) is 40.3 Å². The third-order valence-electron chi connectivity index (χ3n) is 4.37. The minimum absolute atomic E-state index is 0.103. The van der Waals surface area contributed by atoms with Crippen LogP contribution in [0.3, 0.4) is 0 Å². The highest BCUT2D eigenvalue weighted by molar-refractivity contribution is 5.92. The number of aromatic nitrogens is 7. The van der Waals surface area contributed by atoms with E-state index in [2.05, 4.69) is 30.5 Å². The summed E-state index contributed by atoms with van der Waals surface area (Å²) in [5.74, 6) is 1.04. The zero-order valence-electron chi connectivity index (χ0n) is 15.0. The quantitative estimate of drug-likeness (QED) is 0.581. The van der Waals surface area contributed by atoms with Crippen LogP contribution in [0.15, 0.2) is 43.1 Å². The molecule has 4 heterocycles. The average Bonchev–Trinajstić information content (AvgIpc) is 3.33. The SMILES string of the molecule is Cc1nc2ncnn2c(C)c1CCC(=O)Nc1cccnc1-n1cccn1. The Morgan fingerprint density at radius 2 is 2.04 bits per heavy atom. The van der Waals surface area contributed by atoms with Gasteiger partial charge in [-0.05, 0) is 44.0 Å². The van der Waals surface area contributed by atoms with E-state index < -0.39 is 0 Å². The summed E-state index contributed by atoms with van der Waals surface area (Å²) in [6.45, 7) is 3.88. The van der Waals surface area contributed by atoms with Crippen LogP contribution in [0.2, 0.25) is 0 Å². The molecule has 27 heavy (non-hydrogen) atoms. The molecule has 0 saturated heterocycles. The van der Waals surface area contributed by atoms with Gasteiger partial charge < -0.3 is 5.32 Å². The highest BCUT2D eigenvalue weighted by atomic mass is 16.1. The number of pyridine rings is 1. The fourth-order valence-corrected chi connectivity index (χ4v) is 3.04. The fourth-order valence-electron chi connectivity index (χ4n) is 3.04. The van der Waals surface area contributed by atoms with Gasteiger partial charge in [-0.1, -0.05) is 0 Å². The number of fused-ring (bicyclic) bond motifs is 1. The second-order valence-electron chi connectivity index (χ2n) is 6.11. The maximum absolute atomic E-state index is 12.5. The molecule has 4 aromatic heterocycles. The molecule has 0 aliphatic heterocycles. The first kappa shape index (κ1) is 16.8. The second-order valence-corrected chi connectivity index (χ2v) is 6.11. The van der Waals surface area contributed by atoms with E-state index in [0.29, 0.717) is 30.1 Å². The first-order valence-electron chi connectivity index (χ1n) is 8.54. The zero-order chi connectivity index (χ0) is 18.8. The van der Waals surface area contributed by atoms with E-state index in [4.69, 9.17) is 0 Å². The smallest absolute Gasteiger partial charge is 0.252 e. The van der Waals surface area contributed by atoms with Crippen molar-refractivity contribution in [3.63, 3.8) is 0 Å². The topological polar surface area (TPSA) is 103 Å². The van der Waals surface area contributed by atoms with Crippen LogP contribution in [0.25, 0.3) is 11.6 Å². The number of hydrogen-bond donors (Lipinski definition) is 1. The van der Waals surface area contributed by atoms with Crippen LogP contribution in [0, 0.1) is 13.8 Å². The predicted octanol–water partition coefficient (Wildman–Crippen LogP) is 1.89. The van der Waals surface area contributed by atoms with Crippen molar-refractivity contribution in [2.75, 3.05) is 5.32 Å². The molecule has 4 rings (SSSR count). The van der Waals surface area contributed by atoms with Crippen LogP contribution in [0.4, 0.5) is 5.69 Å². The Hall–Kier alpha value is -3.62. The van der Waals surface area contributed by atoms with Crippen molar-refractivity contribution in [1.82, 2.24) is 34.3 Å². The Kier molecular flexibility index (Phi) is 4.33. The Morgan fingerprint density at radius 1 is 1.15 bits per heavy atom. The Bertz CT molecular complexity index is 1100. The Labute approximate surface area is 155 Å². The molecule has 0 unspecified atom stereocenters. The normalized spacial score (nSPS) is 11.0. The predicted molar refractivity (Wildman–Crippen MR) is 98.6 cm³/mol. The van der Waals surface area contributed by atoms with E-state index in [1.54, 1.807) is 46.0 Å². The summed E-state index contributed by atoms with van der Waals surface area (Å²) in [5, 5.41) is 11.3. The molecule has 0 aliphatic rings. The molecular formula is C18H18N8O. The summed E-state index contributed by atoms with van der Waals surface area (Å²) < 4.78 is 3.31. The average molecular weight is 362 g/mol. The molecule has 0 aliphatic carbocycles. The van der Waals surface area contributed by atoms with Crippen molar-refractivity contribution in [3.05, 3.63) is 60.1 Å². The van der Waals surface area contributed by atoms with Crippen molar-refractivity contribution in [3.8, 4) is 5.82 Å². The molecule has 0 radical (unpaired) electrons. The second kappa shape index (κ2) is 6.94. The zero-order valence-corrected chi connectivity index (χ0v) is 15.0. The van der Waals surface area contributed by atoms with Gasteiger partial charge in [0.2, 0.25) is 5.91 Å². The number of nitrogens with zero attached hydrogens (tertiary/aromatic N) is 7. The summed E-state index contributed by atoms with van der Waals surface area (Å²) in [7, 11) is 0. The van der Waals surface area contributed by atoms with Crippen molar-refractivity contribution in [1.29, 1.82) is 0 Å². The molecule has 0 spiro atoms. The van der Waals surface area contributed by atoms with Gasteiger partial charge in [0.1, 0.15) is 6.33 Å².